The van der Waals surface area contributed by atoms with Gasteiger partial charge in [-0.1, -0.05) is 18.2 Å². The Labute approximate surface area is 160 Å². The smallest absolute Gasteiger partial charge is 0.328 e. The van der Waals surface area contributed by atoms with Crippen LogP contribution in [0.1, 0.15) is 21.5 Å². The van der Waals surface area contributed by atoms with Gasteiger partial charge in [0.05, 0.1) is 12.0 Å². The standard InChI is InChI=1S/C20H19N3O5/c1-12-9-13(7-8-18(12)23(26)27)19(24)22-17(20(25)28-2)10-14-11-21-16-6-4-3-5-15(14)16/h3-9,11,17,21H,10H2,1-2H3,(H,22,24). The minimum Gasteiger partial charge on any atom is -0.467 e. The summed E-state index contributed by atoms with van der Waals surface area (Å²) in [4.78, 5) is 38.4. The normalized spacial score (nSPS) is 11.8. The second kappa shape index (κ2) is 7.91. The van der Waals surface area contributed by atoms with Gasteiger partial charge in [0.2, 0.25) is 0 Å². The number of benzene rings is 2. The van der Waals surface area contributed by atoms with Gasteiger partial charge in [-0.25, -0.2) is 4.79 Å². The van der Waals surface area contributed by atoms with Gasteiger partial charge in [0.1, 0.15) is 6.04 Å². The van der Waals surface area contributed by atoms with Gasteiger partial charge in [-0.15, -0.1) is 0 Å². The topological polar surface area (TPSA) is 114 Å². The molecule has 8 nitrogen and oxygen atoms in total. The number of rotatable bonds is 6. The van der Waals surface area contributed by atoms with Gasteiger partial charge in [-0.05, 0) is 30.7 Å². The number of methoxy groups -OCH3 is 1. The molecule has 1 unspecified atom stereocenters. The molecule has 0 saturated carbocycles. The van der Waals surface area contributed by atoms with Gasteiger partial charge in [0, 0.05) is 40.7 Å². The number of amides is 1. The first-order valence-electron chi connectivity index (χ1n) is 8.59. The highest BCUT2D eigenvalue weighted by Crippen LogP contribution is 2.21. The minimum absolute atomic E-state index is 0.0696. The quantitative estimate of drug-likeness (QED) is 0.387. The van der Waals surface area contributed by atoms with Gasteiger partial charge in [0.25, 0.3) is 11.6 Å². The summed E-state index contributed by atoms with van der Waals surface area (Å²) in [6.45, 7) is 1.55. The number of nitrogens with one attached hydrogen (secondary N) is 2. The molecule has 1 heterocycles. The van der Waals surface area contributed by atoms with Crippen molar-refractivity contribution in [3.8, 4) is 0 Å². The zero-order chi connectivity index (χ0) is 20.3. The van der Waals surface area contributed by atoms with Crippen molar-refractivity contribution < 1.29 is 19.2 Å². The van der Waals surface area contributed by atoms with E-state index in [2.05, 4.69) is 10.3 Å². The van der Waals surface area contributed by atoms with Crippen molar-refractivity contribution in [3.63, 3.8) is 0 Å². The van der Waals surface area contributed by atoms with Crippen molar-refractivity contribution in [2.45, 2.75) is 19.4 Å². The number of nitro benzene ring substituents is 1. The summed E-state index contributed by atoms with van der Waals surface area (Å²) >= 11 is 0. The molecule has 144 valence electrons. The molecule has 8 heteroatoms. The Balaban J connectivity index is 1.83. The Hall–Kier alpha value is -3.68. The zero-order valence-electron chi connectivity index (χ0n) is 15.4. The SMILES string of the molecule is COC(=O)C(Cc1c[nH]c2ccccc12)NC(=O)c1ccc([N+](=O)[O-])c(C)c1. The van der Waals surface area contributed by atoms with Gasteiger partial charge in [-0.2, -0.15) is 0 Å². The van der Waals surface area contributed by atoms with E-state index in [1.165, 1.54) is 25.3 Å². The summed E-state index contributed by atoms with van der Waals surface area (Å²) in [6, 6.07) is 10.8. The van der Waals surface area contributed by atoms with Crippen molar-refractivity contribution >= 4 is 28.5 Å². The molecule has 0 fully saturated rings. The fourth-order valence-corrected chi connectivity index (χ4v) is 3.10. The van der Waals surface area contributed by atoms with Crippen LogP contribution in [0.3, 0.4) is 0 Å². The van der Waals surface area contributed by atoms with Crippen molar-refractivity contribution in [1.82, 2.24) is 10.3 Å². The van der Waals surface area contributed by atoms with E-state index in [1.54, 1.807) is 13.1 Å². The van der Waals surface area contributed by atoms with Crippen LogP contribution in [0.15, 0.2) is 48.7 Å². The van der Waals surface area contributed by atoms with Crippen LogP contribution in [0.2, 0.25) is 0 Å². The van der Waals surface area contributed by atoms with E-state index in [0.717, 1.165) is 16.5 Å². The maximum Gasteiger partial charge on any atom is 0.328 e. The predicted molar refractivity (Wildman–Crippen MR) is 103 cm³/mol. The van der Waals surface area contributed by atoms with Crippen LogP contribution >= 0.6 is 0 Å². The number of carbonyl (C=O) groups excluding carboxylic acids is 2. The maximum absolute atomic E-state index is 12.6. The highest BCUT2D eigenvalue weighted by atomic mass is 16.6. The number of fused-ring (bicyclic) bond motifs is 1. The number of carbonyl (C=O) groups is 2. The van der Waals surface area contributed by atoms with E-state index in [9.17, 15) is 19.7 Å². The molecule has 3 rings (SSSR count). The number of H-pyrrole nitrogens is 1. The average Bonchev–Trinajstić information content (AvgIpc) is 3.09. The fourth-order valence-electron chi connectivity index (χ4n) is 3.10. The monoisotopic (exact) mass is 381 g/mol. The number of aromatic amines is 1. The van der Waals surface area contributed by atoms with Crippen LogP contribution in [0.4, 0.5) is 5.69 Å². The zero-order valence-corrected chi connectivity index (χ0v) is 15.4. The first-order valence-corrected chi connectivity index (χ1v) is 8.59. The van der Waals surface area contributed by atoms with Crippen molar-refractivity contribution in [1.29, 1.82) is 0 Å². The largest absolute Gasteiger partial charge is 0.467 e. The number of nitro groups is 1. The average molecular weight is 381 g/mol. The molecule has 28 heavy (non-hydrogen) atoms. The van der Waals surface area contributed by atoms with Gasteiger partial charge in [0.15, 0.2) is 0 Å². The summed E-state index contributed by atoms with van der Waals surface area (Å²) in [5, 5.41) is 14.6. The van der Waals surface area contributed by atoms with E-state index >= 15 is 0 Å². The second-order valence-corrected chi connectivity index (χ2v) is 6.37. The highest BCUT2D eigenvalue weighted by molar-refractivity contribution is 5.97. The van der Waals surface area contributed by atoms with Crippen molar-refractivity contribution in [2.24, 2.45) is 0 Å². The van der Waals surface area contributed by atoms with Crippen LogP contribution < -0.4 is 5.32 Å². The summed E-state index contributed by atoms with van der Waals surface area (Å²) in [5.41, 5.74) is 2.32. The summed E-state index contributed by atoms with van der Waals surface area (Å²) < 4.78 is 4.83. The molecule has 1 atom stereocenters. The Morgan fingerprint density at radius 3 is 2.68 bits per heavy atom. The highest BCUT2D eigenvalue weighted by Gasteiger charge is 2.24. The van der Waals surface area contributed by atoms with Crippen LogP contribution in [0.5, 0.6) is 0 Å². The number of nitrogens with zero attached hydrogens (tertiary/aromatic N) is 1. The number of ether oxygens (including phenoxy) is 1. The Morgan fingerprint density at radius 2 is 2.00 bits per heavy atom. The number of esters is 1. The molecule has 0 saturated heterocycles. The molecule has 0 bridgehead atoms. The van der Waals surface area contributed by atoms with Crippen LogP contribution in [-0.2, 0) is 16.0 Å². The van der Waals surface area contributed by atoms with Crippen LogP contribution in [-0.4, -0.2) is 34.9 Å². The number of hydrogen-bond donors (Lipinski definition) is 2. The molecule has 0 radical (unpaired) electrons. The molecule has 1 amide bonds. The molecule has 0 aliphatic carbocycles. The van der Waals surface area contributed by atoms with Gasteiger partial charge in [-0.3, -0.25) is 14.9 Å². The van der Waals surface area contributed by atoms with E-state index in [0.29, 0.717) is 5.56 Å². The third-order valence-electron chi connectivity index (χ3n) is 4.55. The minimum atomic E-state index is -0.896. The lowest BCUT2D eigenvalue weighted by molar-refractivity contribution is -0.385. The van der Waals surface area contributed by atoms with Crippen molar-refractivity contribution in [2.75, 3.05) is 7.11 Å². The summed E-state index contributed by atoms with van der Waals surface area (Å²) in [5.74, 6) is -1.08. The molecule has 3 aromatic rings. The number of aromatic nitrogens is 1. The summed E-state index contributed by atoms with van der Waals surface area (Å²) in [7, 11) is 1.26. The molecule has 0 aliphatic heterocycles. The molecule has 2 N–H and O–H groups in total. The molecule has 0 spiro atoms. The Kier molecular flexibility index (Phi) is 5.39. The van der Waals surface area contributed by atoms with Crippen molar-refractivity contribution in [3.05, 3.63) is 75.5 Å². The fraction of sp³-hybridized carbons (Fsp3) is 0.200. The van der Waals surface area contributed by atoms with E-state index in [-0.39, 0.29) is 17.7 Å². The second-order valence-electron chi connectivity index (χ2n) is 6.37. The molecular weight excluding hydrogens is 362 g/mol. The van der Waals surface area contributed by atoms with E-state index in [4.69, 9.17) is 4.74 Å². The third kappa shape index (κ3) is 3.85. The number of aryl methyl sites for hydroxylation is 1. The third-order valence-corrected chi connectivity index (χ3v) is 4.55. The number of para-hydroxylation sites is 1. The van der Waals surface area contributed by atoms with E-state index in [1.807, 2.05) is 24.3 Å². The summed E-state index contributed by atoms with van der Waals surface area (Å²) in [6.07, 6.45) is 2.04. The molecule has 2 aromatic carbocycles. The van der Waals surface area contributed by atoms with Crippen LogP contribution in [0, 0.1) is 17.0 Å². The lowest BCUT2D eigenvalue weighted by Crippen LogP contribution is -2.43. The van der Waals surface area contributed by atoms with Gasteiger partial charge < -0.3 is 15.0 Å². The maximum atomic E-state index is 12.6. The van der Waals surface area contributed by atoms with Crippen LogP contribution in [0.25, 0.3) is 10.9 Å². The number of hydrogen-bond acceptors (Lipinski definition) is 5. The van der Waals surface area contributed by atoms with E-state index < -0.39 is 22.8 Å². The Morgan fingerprint density at radius 1 is 1.25 bits per heavy atom. The molecule has 1 aromatic heterocycles. The lowest BCUT2D eigenvalue weighted by atomic mass is 10.0. The molecule has 0 aliphatic rings. The predicted octanol–water partition coefficient (Wildman–Crippen LogP) is 2.90. The lowest BCUT2D eigenvalue weighted by Gasteiger charge is -2.16. The first kappa shape index (κ1) is 19.1. The first-order chi connectivity index (χ1) is 13.4. The Bertz CT molecular complexity index is 1060. The molecular formula is C20H19N3O5. The van der Waals surface area contributed by atoms with Gasteiger partial charge >= 0.3 is 5.97 Å².